The summed E-state index contributed by atoms with van der Waals surface area (Å²) < 4.78 is 39.0. The van der Waals surface area contributed by atoms with E-state index in [4.69, 9.17) is 0 Å². The number of benzene rings is 1. The summed E-state index contributed by atoms with van der Waals surface area (Å²) in [6.07, 6.45) is 1.78. The molecular weight excluding hydrogens is 227 g/mol. The van der Waals surface area contributed by atoms with Gasteiger partial charge in [0.25, 0.3) is 0 Å². The lowest BCUT2D eigenvalue weighted by molar-refractivity contribution is 0.370. The summed E-state index contributed by atoms with van der Waals surface area (Å²) >= 11 is 0. The monoisotopic (exact) mass is 245 g/mol. The first-order valence-corrected chi connectivity index (χ1v) is 5.68. The van der Waals surface area contributed by atoms with E-state index >= 15 is 0 Å². The van der Waals surface area contributed by atoms with Crippen LogP contribution in [-0.4, -0.2) is 6.54 Å². The van der Waals surface area contributed by atoms with Gasteiger partial charge in [0.2, 0.25) is 0 Å². The molecule has 0 aliphatic heterocycles. The summed E-state index contributed by atoms with van der Waals surface area (Å²) in [6, 6.07) is 1.51. The number of halogens is 3. The van der Waals surface area contributed by atoms with Gasteiger partial charge < -0.3 is 5.32 Å². The molecule has 0 fully saturated rings. The Labute approximate surface area is 100 Å². The second-order valence-electron chi connectivity index (χ2n) is 5.34. The summed E-state index contributed by atoms with van der Waals surface area (Å²) in [6.45, 7) is 6.82. The van der Waals surface area contributed by atoms with Crippen molar-refractivity contribution in [2.24, 2.45) is 5.41 Å². The van der Waals surface area contributed by atoms with Gasteiger partial charge >= 0.3 is 0 Å². The smallest absolute Gasteiger partial charge is 0.182 e. The lowest BCUT2D eigenvalue weighted by Gasteiger charge is -2.18. The number of hydrogen-bond donors (Lipinski definition) is 1. The van der Waals surface area contributed by atoms with Gasteiger partial charge in [-0.25, -0.2) is 13.2 Å². The predicted molar refractivity (Wildman–Crippen MR) is 63.5 cm³/mol. The van der Waals surface area contributed by atoms with Crippen molar-refractivity contribution in [3.05, 3.63) is 29.6 Å². The largest absolute Gasteiger partial charge is 0.383 e. The molecule has 1 aromatic carbocycles. The average molecular weight is 245 g/mol. The topological polar surface area (TPSA) is 12.0 Å². The fraction of sp³-hybridized carbons (Fsp3) is 0.538. The second-order valence-corrected chi connectivity index (χ2v) is 5.34. The van der Waals surface area contributed by atoms with Crippen molar-refractivity contribution in [1.82, 2.24) is 0 Å². The second kappa shape index (κ2) is 5.43. The van der Waals surface area contributed by atoms with Crippen LogP contribution in [0.5, 0.6) is 0 Å². The Morgan fingerprint density at radius 1 is 1.12 bits per heavy atom. The van der Waals surface area contributed by atoms with Crippen molar-refractivity contribution in [1.29, 1.82) is 0 Å². The molecule has 1 nitrogen and oxygen atoms in total. The third-order valence-electron chi connectivity index (χ3n) is 2.41. The van der Waals surface area contributed by atoms with Crippen LogP contribution in [-0.2, 0) is 0 Å². The molecule has 1 N–H and O–H groups in total. The molecule has 0 unspecified atom stereocenters. The number of nitrogens with one attached hydrogen (secondary N) is 1. The standard InChI is InChI=1S/C13H18F3N/c1-13(2,3)5-4-6-17-11-8-9(14)7-10(15)12(11)16/h7-8,17H,4-6H2,1-3H3. The molecule has 4 heteroatoms. The van der Waals surface area contributed by atoms with Gasteiger partial charge in [-0.05, 0) is 18.3 Å². The molecule has 0 spiro atoms. The molecule has 0 atom stereocenters. The minimum atomic E-state index is -1.16. The Hall–Kier alpha value is -1.19. The molecule has 0 radical (unpaired) electrons. The van der Waals surface area contributed by atoms with Gasteiger partial charge in [-0.3, -0.25) is 0 Å². The van der Waals surface area contributed by atoms with E-state index in [1.165, 1.54) is 0 Å². The molecule has 0 amide bonds. The van der Waals surface area contributed by atoms with Crippen LogP contribution in [0.3, 0.4) is 0 Å². The van der Waals surface area contributed by atoms with Crippen LogP contribution < -0.4 is 5.32 Å². The van der Waals surface area contributed by atoms with Crippen LogP contribution in [0, 0.1) is 22.9 Å². The van der Waals surface area contributed by atoms with E-state index in [1.807, 2.05) is 0 Å². The maximum atomic E-state index is 13.2. The summed E-state index contributed by atoms with van der Waals surface area (Å²) in [5.41, 5.74) is 0.0874. The average Bonchev–Trinajstić information content (AvgIpc) is 2.18. The lowest BCUT2D eigenvalue weighted by atomic mass is 9.91. The highest BCUT2D eigenvalue weighted by Gasteiger charge is 2.12. The fourth-order valence-corrected chi connectivity index (χ4v) is 1.53. The summed E-state index contributed by atoms with van der Waals surface area (Å²) in [5, 5.41) is 2.71. The fourth-order valence-electron chi connectivity index (χ4n) is 1.53. The molecule has 96 valence electrons. The minimum Gasteiger partial charge on any atom is -0.383 e. The Balaban J connectivity index is 2.52. The van der Waals surface area contributed by atoms with Gasteiger partial charge in [-0.2, -0.15) is 0 Å². The van der Waals surface area contributed by atoms with Crippen molar-refractivity contribution in [3.8, 4) is 0 Å². The molecule has 1 aromatic rings. The highest BCUT2D eigenvalue weighted by atomic mass is 19.2. The number of hydrogen-bond acceptors (Lipinski definition) is 1. The van der Waals surface area contributed by atoms with Gasteiger partial charge in [0, 0.05) is 18.7 Å². The zero-order chi connectivity index (χ0) is 13.1. The van der Waals surface area contributed by atoms with Crippen molar-refractivity contribution in [3.63, 3.8) is 0 Å². The Morgan fingerprint density at radius 3 is 2.35 bits per heavy atom. The third kappa shape index (κ3) is 4.67. The van der Waals surface area contributed by atoms with E-state index in [-0.39, 0.29) is 11.1 Å². The van der Waals surface area contributed by atoms with Crippen LogP contribution in [0.25, 0.3) is 0 Å². The predicted octanol–water partition coefficient (Wildman–Crippen LogP) is 4.34. The molecule has 0 saturated carbocycles. The SMILES string of the molecule is CC(C)(C)CCCNc1cc(F)cc(F)c1F. The molecule has 0 saturated heterocycles. The van der Waals surface area contributed by atoms with Gasteiger partial charge in [-0.1, -0.05) is 20.8 Å². The zero-order valence-electron chi connectivity index (χ0n) is 10.4. The molecule has 0 aromatic heterocycles. The van der Waals surface area contributed by atoms with Gasteiger partial charge in [0.15, 0.2) is 11.6 Å². The number of rotatable bonds is 4. The Kier molecular flexibility index (Phi) is 4.43. The van der Waals surface area contributed by atoms with E-state index in [9.17, 15) is 13.2 Å². The highest BCUT2D eigenvalue weighted by Crippen LogP contribution is 2.22. The third-order valence-corrected chi connectivity index (χ3v) is 2.41. The first kappa shape index (κ1) is 13.9. The minimum absolute atomic E-state index is 0.114. The van der Waals surface area contributed by atoms with Gasteiger partial charge in [0.1, 0.15) is 5.82 Å². The van der Waals surface area contributed by atoms with Crippen LogP contribution >= 0.6 is 0 Å². The van der Waals surface area contributed by atoms with Crippen LogP contribution in [0.2, 0.25) is 0 Å². The quantitative estimate of drug-likeness (QED) is 0.614. The molecule has 0 bridgehead atoms. The maximum Gasteiger partial charge on any atom is 0.182 e. The molecule has 17 heavy (non-hydrogen) atoms. The molecule has 0 aliphatic rings. The normalized spacial score (nSPS) is 11.6. The molecule has 1 rings (SSSR count). The van der Waals surface area contributed by atoms with Crippen molar-refractivity contribution < 1.29 is 13.2 Å². The summed E-state index contributed by atoms with van der Waals surface area (Å²) in [5.74, 6) is -2.97. The van der Waals surface area contributed by atoms with Crippen molar-refractivity contribution in [2.75, 3.05) is 11.9 Å². The first-order valence-electron chi connectivity index (χ1n) is 5.68. The molecule has 0 aliphatic carbocycles. The zero-order valence-corrected chi connectivity index (χ0v) is 10.4. The Bertz CT molecular complexity index is 383. The highest BCUT2D eigenvalue weighted by molar-refractivity contribution is 5.45. The maximum absolute atomic E-state index is 13.2. The molecular formula is C13H18F3N. The van der Waals surface area contributed by atoms with Crippen molar-refractivity contribution in [2.45, 2.75) is 33.6 Å². The van der Waals surface area contributed by atoms with E-state index in [1.54, 1.807) is 0 Å². The van der Waals surface area contributed by atoms with E-state index in [0.717, 1.165) is 18.9 Å². The molecule has 0 heterocycles. The number of anilines is 1. The Morgan fingerprint density at radius 2 is 1.76 bits per heavy atom. The summed E-state index contributed by atoms with van der Waals surface area (Å²) in [4.78, 5) is 0. The van der Waals surface area contributed by atoms with Crippen molar-refractivity contribution >= 4 is 5.69 Å². The van der Waals surface area contributed by atoms with Crippen LogP contribution in [0.1, 0.15) is 33.6 Å². The van der Waals surface area contributed by atoms with E-state index in [2.05, 4.69) is 26.1 Å². The van der Waals surface area contributed by atoms with Gasteiger partial charge in [-0.15, -0.1) is 0 Å². The van der Waals surface area contributed by atoms with E-state index in [0.29, 0.717) is 12.6 Å². The lowest BCUT2D eigenvalue weighted by Crippen LogP contribution is -2.10. The summed E-state index contributed by atoms with van der Waals surface area (Å²) in [7, 11) is 0. The van der Waals surface area contributed by atoms with Gasteiger partial charge in [0.05, 0.1) is 5.69 Å². The van der Waals surface area contributed by atoms with E-state index < -0.39 is 17.5 Å². The first-order chi connectivity index (χ1) is 7.79. The van der Waals surface area contributed by atoms with Crippen LogP contribution in [0.4, 0.5) is 18.9 Å². The van der Waals surface area contributed by atoms with Crippen LogP contribution in [0.15, 0.2) is 12.1 Å².